The van der Waals surface area contributed by atoms with E-state index in [0.717, 1.165) is 5.06 Å². The van der Waals surface area contributed by atoms with E-state index in [9.17, 15) is 9.77 Å². The van der Waals surface area contributed by atoms with Gasteiger partial charge < -0.3 is 9.05 Å². The van der Waals surface area contributed by atoms with Crippen LogP contribution in [0.5, 0.6) is 0 Å². The van der Waals surface area contributed by atoms with Crippen LogP contribution in [0.4, 0.5) is 0 Å². The van der Waals surface area contributed by atoms with Crippen molar-refractivity contribution >= 4 is 7.60 Å². The average molecular weight is 292 g/mol. The number of hydrogen-bond acceptors (Lipinski definition) is 4. The van der Waals surface area contributed by atoms with Gasteiger partial charge in [0.2, 0.25) is 0 Å². The lowest BCUT2D eigenvalue weighted by molar-refractivity contribution is -0.232. The third kappa shape index (κ3) is 3.22. The van der Waals surface area contributed by atoms with Crippen LogP contribution in [0, 0.1) is 0 Å². The van der Waals surface area contributed by atoms with Crippen LogP contribution >= 0.6 is 7.60 Å². The van der Waals surface area contributed by atoms with E-state index in [-0.39, 0.29) is 12.2 Å². The van der Waals surface area contributed by atoms with Gasteiger partial charge in [-0.3, -0.25) is 4.57 Å². The zero-order valence-corrected chi connectivity index (χ0v) is 14.0. The van der Waals surface area contributed by atoms with Gasteiger partial charge >= 0.3 is 7.60 Å². The van der Waals surface area contributed by atoms with Crippen molar-refractivity contribution in [1.29, 1.82) is 0 Å². The van der Waals surface area contributed by atoms with Crippen molar-refractivity contribution in [2.24, 2.45) is 0 Å². The molecule has 1 saturated heterocycles. The van der Waals surface area contributed by atoms with Crippen molar-refractivity contribution in [1.82, 2.24) is 5.06 Å². The summed E-state index contributed by atoms with van der Waals surface area (Å²) in [5, 5.41) is 12.4. The van der Waals surface area contributed by atoms with Gasteiger partial charge in [-0.15, -0.1) is 10.3 Å². The Morgan fingerprint density at radius 2 is 1.42 bits per heavy atom. The van der Waals surface area contributed by atoms with Gasteiger partial charge in [0.05, 0.1) is 12.2 Å². The van der Waals surface area contributed by atoms with Crippen LogP contribution in [-0.2, 0) is 18.8 Å². The Labute approximate surface area is 116 Å². The molecule has 1 radical (unpaired) electrons. The van der Waals surface area contributed by atoms with Crippen LogP contribution in [0.25, 0.3) is 0 Å². The van der Waals surface area contributed by atoms with Crippen molar-refractivity contribution in [3.8, 4) is 0 Å². The maximum atomic E-state index is 13.2. The van der Waals surface area contributed by atoms with Gasteiger partial charge in [0.15, 0.2) is 0 Å². The maximum Gasteiger partial charge on any atom is 0.353 e. The molecule has 6 heteroatoms. The summed E-state index contributed by atoms with van der Waals surface area (Å²) in [4.78, 5) is 0. The summed E-state index contributed by atoms with van der Waals surface area (Å²) in [5.74, 6) is 0. The molecule has 0 aromatic rings. The van der Waals surface area contributed by atoms with Crippen LogP contribution in [0.1, 0.15) is 61.3 Å². The van der Waals surface area contributed by atoms with E-state index in [4.69, 9.17) is 9.05 Å². The SMILES string of the molecule is CC(C)OP(=O)(OC(C)C)C1(C)CCC(C)(C)N1[O]. The average Bonchev–Trinajstić information content (AvgIpc) is 2.41. The third-order valence-corrected chi connectivity index (χ3v) is 6.47. The molecule has 0 N–H and O–H groups in total. The molecular formula is C13H27NO4P. The second kappa shape index (κ2) is 5.45. The van der Waals surface area contributed by atoms with Crippen molar-refractivity contribution in [2.45, 2.75) is 84.3 Å². The van der Waals surface area contributed by atoms with Crippen molar-refractivity contribution in [3.05, 3.63) is 0 Å². The molecule has 113 valence electrons. The van der Waals surface area contributed by atoms with E-state index in [0.29, 0.717) is 12.8 Å². The Morgan fingerprint density at radius 1 is 1.00 bits per heavy atom. The fourth-order valence-corrected chi connectivity index (χ4v) is 4.95. The standard InChI is InChI=1S/C13H27NO4P/c1-10(2)17-19(16,18-11(3)4)13(7)9-8-12(5,6)14(13)15/h10-11H,8-9H2,1-7H3. The van der Waals surface area contributed by atoms with E-state index in [2.05, 4.69) is 0 Å². The lowest BCUT2D eigenvalue weighted by atomic mass is 10.0. The van der Waals surface area contributed by atoms with Crippen molar-refractivity contribution in [2.75, 3.05) is 0 Å². The topological polar surface area (TPSA) is 58.7 Å². The van der Waals surface area contributed by atoms with Crippen LogP contribution in [0.3, 0.4) is 0 Å². The summed E-state index contributed by atoms with van der Waals surface area (Å²) in [6.07, 6.45) is 0.692. The molecule has 0 aromatic carbocycles. The highest BCUT2D eigenvalue weighted by molar-refractivity contribution is 7.55. The number of hydrogen-bond donors (Lipinski definition) is 0. The van der Waals surface area contributed by atoms with Gasteiger partial charge in [-0.2, -0.15) is 0 Å². The molecule has 0 spiro atoms. The van der Waals surface area contributed by atoms with Crippen molar-refractivity contribution in [3.63, 3.8) is 0 Å². The van der Waals surface area contributed by atoms with E-state index in [1.165, 1.54) is 0 Å². The van der Waals surface area contributed by atoms with E-state index in [1.54, 1.807) is 34.6 Å². The molecule has 1 rings (SSSR count). The maximum absolute atomic E-state index is 13.2. The zero-order chi connectivity index (χ0) is 15.1. The lowest BCUT2D eigenvalue weighted by Crippen LogP contribution is -2.47. The summed E-state index contributed by atoms with van der Waals surface area (Å²) in [7, 11) is -3.51. The molecule has 19 heavy (non-hydrogen) atoms. The third-order valence-electron chi connectivity index (χ3n) is 3.49. The molecule has 0 bridgehead atoms. The molecule has 1 atom stereocenters. The Balaban J connectivity index is 3.14. The highest BCUT2D eigenvalue weighted by atomic mass is 31.2. The Morgan fingerprint density at radius 3 is 1.68 bits per heavy atom. The van der Waals surface area contributed by atoms with Gasteiger partial charge in [-0.05, 0) is 61.3 Å². The predicted molar refractivity (Wildman–Crippen MR) is 74.3 cm³/mol. The molecule has 0 amide bonds. The Bertz CT molecular complexity index is 356. The minimum atomic E-state index is -3.51. The minimum absolute atomic E-state index is 0.251. The summed E-state index contributed by atoms with van der Waals surface area (Å²) < 4.78 is 24.4. The fraction of sp³-hybridized carbons (Fsp3) is 1.00. The van der Waals surface area contributed by atoms with Gasteiger partial charge in [0.1, 0.15) is 5.28 Å². The highest BCUT2D eigenvalue weighted by Crippen LogP contribution is 2.67. The van der Waals surface area contributed by atoms with Crippen LogP contribution in [0.15, 0.2) is 0 Å². The molecule has 0 saturated carbocycles. The van der Waals surface area contributed by atoms with Crippen molar-refractivity contribution < 1.29 is 18.8 Å². The molecule has 1 fully saturated rings. The summed E-state index contributed by atoms with van der Waals surface area (Å²) in [5.41, 5.74) is -0.537. The second-order valence-electron chi connectivity index (χ2n) is 6.63. The number of nitrogens with zero attached hydrogens (tertiary/aromatic N) is 1. The van der Waals surface area contributed by atoms with E-state index >= 15 is 0 Å². The van der Waals surface area contributed by atoms with Gasteiger partial charge in [0.25, 0.3) is 0 Å². The molecule has 1 aliphatic heterocycles. The second-order valence-corrected chi connectivity index (χ2v) is 9.01. The smallest absolute Gasteiger partial charge is 0.304 e. The summed E-state index contributed by atoms with van der Waals surface area (Å²) in [6.45, 7) is 12.6. The molecule has 0 aliphatic carbocycles. The molecule has 0 aromatic heterocycles. The quantitative estimate of drug-likeness (QED) is 0.719. The Hall–Kier alpha value is 0.0700. The molecule has 1 heterocycles. The monoisotopic (exact) mass is 292 g/mol. The van der Waals surface area contributed by atoms with Gasteiger partial charge in [-0.25, -0.2) is 0 Å². The van der Waals surface area contributed by atoms with Crippen LogP contribution in [-0.4, -0.2) is 28.1 Å². The van der Waals surface area contributed by atoms with Crippen LogP contribution < -0.4 is 0 Å². The molecule has 5 nitrogen and oxygen atoms in total. The van der Waals surface area contributed by atoms with Crippen LogP contribution in [0.2, 0.25) is 0 Å². The predicted octanol–water partition coefficient (Wildman–Crippen LogP) is 3.97. The first kappa shape index (κ1) is 17.1. The highest BCUT2D eigenvalue weighted by Gasteiger charge is 2.61. The van der Waals surface area contributed by atoms with E-state index in [1.807, 2.05) is 13.8 Å². The summed E-state index contributed by atoms with van der Waals surface area (Å²) >= 11 is 0. The first-order chi connectivity index (χ1) is 8.44. The van der Waals surface area contributed by atoms with Gasteiger partial charge in [0, 0.05) is 5.54 Å². The number of hydroxylamine groups is 2. The normalized spacial score (nSPS) is 28.5. The molecular weight excluding hydrogens is 265 g/mol. The fourth-order valence-electron chi connectivity index (χ4n) is 2.45. The number of rotatable bonds is 5. The minimum Gasteiger partial charge on any atom is -0.304 e. The molecule has 1 aliphatic rings. The van der Waals surface area contributed by atoms with Gasteiger partial charge in [-0.1, -0.05) is 0 Å². The molecule has 1 unspecified atom stereocenters. The Kier molecular flexibility index (Phi) is 4.92. The largest absolute Gasteiger partial charge is 0.353 e. The first-order valence-electron chi connectivity index (χ1n) is 6.89. The van der Waals surface area contributed by atoms with E-state index < -0.39 is 18.4 Å². The lowest BCUT2D eigenvalue weighted by Gasteiger charge is -2.40. The summed E-state index contributed by atoms with van der Waals surface area (Å²) in [6, 6.07) is 0. The first-order valence-corrected chi connectivity index (χ1v) is 8.43. The zero-order valence-electron chi connectivity index (χ0n) is 13.1.